The number of ether oxygens (including phenoxy) is 1. The van der Waals surface area contributed by atoms with Crippen molar-refractivity contribution in [1.82, 2.24) is 9.55 Å². The molecular weight excluding hydrogens is 380 g/mol. The van der Waals surface area contributed by atoms with Crippen LogP contribution in [0.25, 0.3) is 5.69 Å². The molecule has 0 atom stereocenters. The maximum Gasteiger partial charge on any atom is 0.348 e. The molecular formula is C19H18N4O2S2. The number of nitrogens with zero attached hydrogens (tertiary/aromatic N) is 3. The number of nitriles is 1. The van der Waals surface area contributed by atoms with Gasteiger partial charge in [0.15, 0.2) is 5.16 Å². The van der Waals surface area contributed by atoms with E-state index in [-0.39, 0.29) is 6.61 Å². The molecule has 0 amide bonds. The van der Waals surface area contributed by atoms with Gasteiger partial charge in [-0.3, -0.25) is 4.57 Å². The number of nitrogen functional groups attached to an aromatic ring is 1. The van der Waals surface area contributed by atoms with Gasteiger partial charge in [-0.2, -0.15) is 5.26 Å². The first-order valence-corrected chi connectivity index (χ1v) is 10.1. The van der Waals surface area contributed by atoms with Crippen LogP contribution in [0.15, 0.2) is 41.8 Å². The summed E-state index contributed by atoms with van der Waals surface area (Å²) in [6, 6.07) is 10.2. The number of esters is 1. The van der Waals surface area contributed by atoms with E-state index in [1.165, 1.54) is 11.8 Å². The normalized spacial score (nSPS) is 10.6. The largest absolute Gasteiger partial charge is 0.462 e. The van der Waals surface area contributed by atoms with Gasteiger partial charge >= 0.3 is 5.97 Å². The molecule has 0 aliphatic rings. The van der Waals surface area contributed by atoms with Crippen LogP contribution in [0.3, 0.4) is 0 Å². The van der Waals surface area contributed by atoms with Gasteiger partial charge in [0.2, 0.25) is 0 Å². The Bertz CT molecular complexity index is 1020. The third-order valence-electron chi connectivity index (χ3n) is 3.84. The monoisotopic (exact) mass is 398 g/mol. The summed E-state index contributed by atoms with van der Waals surface area (Å²) in [5, 5.41) is 10.5. The third kappa shape index (κ3) is 3.99. The number of hydrogen-bond donors (Lipinski definition) is 1. The predicted octanol–water partition coefficient (Wildman–Crippen LogP) is 4.17. The van der Waals surface area contributed by atoms with Crippen LogP contribution in [0, 0.1) is 18.3 Å². The van der Waals surface area contributed by atoms with Crippen LogP contribution in [0.1, 0.15) is 33.3 Å². The number of thiophene rings is 1. The number of benzene rings is 1. The molecule has 0 unspecified atom stereocenters. The van der Waals surface area contributed by atoms with Crippen molar-refractivity contribution in [3.8, 4) is 11.8 Å². The van der Waals surface area contributed by atoms with Crippen LogP contribution in [0.5, 0.6) is 0 Å². The average Bonchev–Trinajstić information content (AvgIpc) is 3.24. The maximum absolute atomic E-state index is 12.2. The van der Waals surface area contributed by atoms with Gasteiger partial charge in [0.1, 0.15) is 15.9 Å². The topological polar surface area (TPSA) is 93.9 Å². The van der Waals surface area contributed by atoms with E-state index in [9.17, 15) is 10.1 Å². The van der Waals surface area contributed by atoms with E-state index in [2.05, 4.69) is 17.1 Å². The molecule has 3 rings (SSSR count). The van der Waals surface area contributed by atoms with Crippen molar-refractivity contribution < 1.29 is 9.53 Å². The fraction of sp³-hybridized carbons (Fsp3) is 0.211. The number of thioether (sulfide) groups is 1. The second-order valence-corrected chi connectivity index (χ2v) is 7.68. The summed E-state index contributed by atoms with van der Waals surface area (Å²) in [5.41, 5.74) is 9.03. The summed E-state index contributed by atoms with van der Waals surface area (Å²) in [7, 11) is 0. The Kier molecular flexibility index (Phi) is 5.84. The van der Waals surface area contributed by atoms with Gasteiger partial charge in [0.25, 0.3) is 0 Å². The Labute approximate surface area is 165 Å². The molecule has 3 aromatic rings. The highest BCUT2D eigenvalue weighted by Crippen LogP contribution is 2.35. The van der Waals surface area contributed by atoms with Gasteiger partial charge in [-0.1, -0.05) is 23.9 Å². The van der Waals surface area contributed by atoms with Gasteiger partial charge in [-0.05, 0) is 31.5 Å². The number of anilines is 1. The van der Waals surface area contributed by atoms with E-state index in [1.807, 2.05) is 35.9 Å². The Hall–Kier alpha value is -2.76. The van der Waals surface area contributed by atoms with Crippen LogP contribution in [-0.4, -0.2) is 22.1 Å². The van der Waals surface area contributed by atoms with Crippen LogP contribution < -0.4 is 5.73 Å². The number of imidazole rings is 1. The molecule has 8 heteroatoms. The lowest BCUT2D eigenvalue weighted by Gasteiger charge is -2.09. The Balaban J connectivity index is 1.89. The molecule has 2 aromatic heterocycles. The first-order chi connectivity index (χ1) is 13.0. The minimum absolute atomic E-state index is 0.267. The zero-order valence-electron chi connectivity index (χ0n) is 14.9. The number of hydrogen-bond acceptors (Lipinski definition) is 7. The van der Waals surface area contributed by atoms with Crippen molar-refractivity contribution in [2.24, 2.45) is 0 Å². The summed E-state index contributed by atoms with van der Waals surface area (Å²) < 4.78 is 7.08. The van der Waals surface area contributed by atoms with Gasteiger partial charge in [0.05, 0.1) is 12.2 Å². The van der Waals surface area contributed by atoms with E-state index >= 15 is 0 Å². The zero-order chi connectivity index (χ0) is 19.4. The Morgan fingerprint density at radius 2 is 2.30 bits per heavy atom. The second-order valence-electron chi connectivity index (χ2n) is 5.69. The molecule has 0 radical (unpaired) electrons. The minimum Gasteiger partial charge on any atom is -0.462 e. The maximum atomic E-state index is 12.2. The lowest BCUT2D eigenvalue weighted by molar-refractivity contribution is 0.0531. The molecule has 27 heavy (non-hydrogen) atoms. The molecule has 0 aliphatic carbocycles. The SMILES string of the molecule is CCOC(=O)c1sc(N)c(C#N)c1CSc1nccn1-c1cccc(C)c1. The van der Waals surface area contributed by atoms with E-state index in [4.69, 9.17) is 10.5 Å². The molecule has 0 aliphatic heterocycles. The summed E-state index contributed by atoms with van der Waals surface area (Å²) >= 11 is 2.54. The van der Waals surface area contributed by atoms with E-state index in [0.717, 1.165) is 27.7 Å². The lowest BCUT2D eigenvalue weighted by Crippen LogP contribution is -2.05. The molecule has 0 fully saturated rings. The highest BCUT2D eigenvalue weighted by Gasteiger charge is 2.23. The molecule has 0 saturated carbocycles. The van der Waals surface area contributed by atoms with Crippen LogP contribution >= 0.6 is 23.1 Å². The van der Waals surface area contributed by atoms with Crippen molar-refractivity contribution in [2.45, 2.75) is 24.8 Å². The summed E-state index contributed by atoms with van der Waals surface area (Å²) in [6.45, 7) is 4.04. The molecule has 0 bridgehead atoms. The van der Waals surface area contributed by atoms with Gasteiger partial charge in [0, 0.05) is 29.4 Å². The first kappa shape index (κ1) is 19.0. The third-order valence-corrected chi connectivity index (χ3v) is 5.87. The van der Waals surface area contributed by atoms with Crippen molar-refractivity contribution in [3.05, 3.63) is 58.2 Å². The lowest BCUT2D eigenvalue weighted by atomic mass is 10.2. The minimum atomic E-state index is -0.451. The number of carbonyl (C=O) groups is 1. The summed E-state index contributed by atoms with van der Waals surface area (Å²) in [6.07, 6.45) is 3.61. The van der Waals surface area contributed by atoms with Gasteiger partial charge < -0.3 is 10.5 Å². The first-order valence-electron chi connectivity index (χ1n) is 8.26. The number of aryl methyl sites for hydroxylation is 1. The zero-order valence-corrected chi connectivity index (χ0v) is 16.6. The molecule has 0 saturated heterocycles. The molecule has 1 aromatic carbocycles. The fourth-order valence-corrected chi connectivity index (χ4v) is 4.64. The molecule has 2 N–H and O–H groups in total. The highest BCUT2D eigenvalue weighted by atomic mass is 32.2. The quantitative estimate of drug-likeness (QED) is 0.495. The number of carbonyl (C=O) groups excluding carboxylic acids is 1. The van der Waals surface area contributed by atoms with Crippen molar-refractivity contribution in [3.63, 3.8) is 0 Å². The van der Waals surface area contributed by atoms with E-state index in [0.29, 0.717) is 26.8 Å². The summed E-state index contributed by atoms with van der Waals surface area (Å²) in [4.78, 5) is 17.0. The highest BCUT2D eigenvalue weighted by molar-refractivity contribution is 7.98. The smallest absolute Gasteiger partial charge is 0.348 e. The number of aromatic nitrogens is 2. The van der Waals surface area contributed by atoms with Crippen LogP contribution in [0.2, 0.25) is 0 Å². The van der Waals surface area contributed by atoms with Crippen LogP contribution in [-0.2, 0) is 10.5 Å². The van der Waals surface area contributed by atoms with E-state index < -0.39 is 5.97 Å². The van der Waals surface area contributed by atoms with Crippen molar-refractivity contribution in [1.29, 1.82) is 5.26 Å². The van der Waals surface area contributed by atoms with Gasteiger partial charge in [-0.25, -0.2) is 9.78 Å². The van der Waals surface area contributed by atoms with Crippen molar-refractivity contribution >= 4 is 34.1 Å². The van der Waals surface area contributed by atoms with Crippen LogP contribution in [0.4, 0.5) is 5.00 Å². The number of rotatable bonds is 6. The number of nitrogens with two attached hydrogens (primary N) is 1. The summed E-state index contributed by atoms with van der Waals surface area (Å²) in [5.74, 6) is -0.0542. The molecule has 138 valence electrons. The van der Waals surface area contributed by atoms with Gasteiger partial charge in [-0.15, -0.1) is 11.3 Å². The second kappa shape index (κ2) is 8.29. The molecule has 6 nitrogen and oxygen atoms in total. The van der Waals surface area contributed by atoms with E-state index in [1.54, 1.807) is 13.1 Å². The standard InChI is InChI=1S/C19H18N4O2S2/c1-3-25-18(24)16-15(14(10-20)17(21)27-16)11-26-19-22-7-8-23(19)13-6-4-5-12(2)9-13/h4-9H,3,11,21H2,1-2H3. The average molecular weight is 399 g/mol. The Morgan fingerprint density at radius 3 is 3.00 bits per heavy atom. The molecule has 0 spiro atoms. The molecule has 2 heterocycles. The Morgan fingerprint density at radius 1 is 1.48 bits per heavy atom. The van der Waals surface area contributed by atoms with Crippen molar-refractivity contribution in [2.75, 3.05) is 12.3 Å². The predicted molar refractivity (Wildman–Crippen MR) is 107 cm³/mol. The fourth-order valence-electron chi connectivity index (χ4n) is 2.61.